The van der Waals surface area contributed by atoms with E-state index in [0.29, 0.717) is 45.4 Å². The third kappa shape index (κ3) is 5.16. The Morgan fingerprint density at radius 3 is 2.70 bits per heavy atom. The van der Waals surface area contributed by atoms with E-state index in [1.165, 1.54) is 11.1 Å². The van der Waals surface area contributed by atoms with Crippen molar-refractivity contribution in [2.24, 2.45) is 5.92 Å². The van der Waals surface area contributed by atoms with Crippen molar-refractivity contribution >= 4 is 17.7 Å². The van der Waals surface area contributed by atoms with E-state index in [9.17, 15) is 14.4 Å². The number of amides is 3. The standard InChI is InChI=1S/C27H31N3O3/c1-3-13-29-14-15-30(27(33)24-11-12-25(31)28-24)18-22(26(29)32)17-20-8-6-9-21(16-20)23-10-5-4-7-19(23)2/h3-10,16,22,24H,1,11-15,17-18H2,2H3,(H,28,31)/t22-,24+/m0/s1. The first-order valence-electron chi connectivity index (χ1n) is 11.6. The Bertz CT molecular complexity index is 1060. The highest BCUT2D eigenvalue weighted by Crippen LogP contribution is 2.26. The highest BCUT2D eigenvalue weighted by molar-refractivity contribution is 5.91. The van der Waals surface area contributed by atoms with E-state index in [0.717, 1.165) is 11.1 Å². The zero-order valence-electron chi connectivity index (χ0n) is 19.1. The number of hydrogen-bond donors (Lipinski definition) is 1. The minimum atomic E-state index is -0.483. The molecule has 0 aliphatic carbocycles. The predicted octanol–water partition coefficient (Wildman–Crippen LogP) is 2.96. The van der Waals surface area contributed by atoms with Gasteiger partial charge >= 0.3 is 0 Å². The van der Waals surface area contributed by atoms with Crippen molar-refractivity contribution in [3.8, 4) is 11.1 Å². The largest absolute Gasteiger partial charge is 0.344 e. The fraction of sp³-hybridized carbons (Fsp3) is 0.370. The van der Waals surface area contributed by atoms with Crippen molar-refractivity contribution in [1.29, 1.82) is 0 Å². The molecule has 2 heterocycles. The quantitative estimate of drug-likeness (QED) is 0.695. The minimum Gasteiger partial charge on any atom is -0.344 e. The molecule has 2 atom stereocenters. The maximum absolute atomic E-state index is 13.4. The van der Waals surface area contributed by atoms with Gasteiger partial charge in [-0.3, -0.25) is 14.4 Å². The molecule has 4 rings (SSSR count). The lowest BCUT2D eigenvalue weighted by molar-refractivity contribution is -0.136. The van der Waals surface area contributed by atoms with Crippen molar-refractivity contribution < 1.29 is 14.4 Å². The van der Waals surface area contributed by atoms with E-state index < -0.39 is 6.04 Å². The zero-order valence-corrected chi connectivity index (χ0v) is 19.1. The van der Waals surface area contributed by atoms with E-state index in [2.05, 4.69) is 43.1 Å². The van der Waals surface area contributed by atoms with Crippen LogP contribution in [0.3, 0.4) is 0 Å². The Labute approximate surface area is 195 Å². The zero-order chi connectivity index (χ0) is 23.4. The topological polar surface area (TPSA) is 69.7 Å². The molecule has 6 heteroatoms. The molecule has 2 fully saturated rings. The molecule has 0 bridgehead atoms. The first-order valence-corrected chi connectivity index (χ1v) is 11.6. The number of carbonyl (C=O) groups excluding carboxylic acids is 3. The Hall–Kier alpha value is -3.41. The second-order valence-corrected chi connectivity index (χ2v) is 8.93. The third-order valence-electron chi connectivity index (χ3n) is 6.56. The van der Waals surface area contributed by atoms with Crippen molar-refractivity contribution in [3.05, 3.63) is 72.3 Å². The molecule has 0 radical (unpaired) electrons. The molecule has 1 N–H and O–H groups in total. The lowest BCUT2D eigenvalue weighted by atomic mass is 9.93. The van der Waals surface area contributed by atoms with Gasteiger partial charge in [-0.2, -0.15) is 0 Å². The van der Waals surface area contributed by atoms with Crippen molar-refractivity contribution in [2.75, 3.05) is 26.2 Å². The van der Waals surface area contributed by atoms with Crippen molar-refractivity contribution in [1.82, 2.24) is 15.1 Å². The molecular weight excluding hydrogens is 414 g/mol. The van der Waals surface area contributed by atoms with E-state index in [4.69, 9.17) is 0 Å². The van der Waals surface area contributed by atoms with Gasteiger partial charge in [-0.25, -0.2) is 0 Å². The van der Waals surface area contributed by atoms with Gasteiger partial charge in [-0.05, 0) is 42.0 Å². The molecule has 2 saturated heterocycles. The fourth-order valence-electron chi connectivity index (χ4n) is 4.80. The summed E-state index contributed by atoms with van der Waals surface area (Å²) >= 11 is 0. The second-order valence-electron chi connectivity index (χ2n) is 8.93. The maximum atomic E-state index is 13.4. The lowest BCUT2D eigenvalue weighted by Crippen LogP contribution is -2.46. The SMILES string of the molecule is C=CCN1CCN(C(=O)[C@H]2CCC(=O)N2)C[C@H](Cc2cccc(-c3ccccc3C)c2)C1=O. The Kier molecular flexibility index (Phi) is 6.92. The predicted molar refractivity (Wildman–Crippen MR) is 128 cm³/mol. The summed E-state index contributed by atoms with van der Waals surface area (Å²) in [4.78, 5) is 41.6. The Morgan fingerprint density at radius 1 is 1.15 bits per heavy atom. The minimum absolute atomic E-state index is 0.0435. The van der Waals surface area contributed by atoms with Crippen LogP contribution in [0.25, 0.3) is 11.1 Å². The van der Waals surface area contributed by atoms with Crippen LogP contribution < -0.4 is 5.32 Å². The van der Waals surface area contributed by atoms with Crippen LogP contribution >= 0.6 is 0 Å². The number of rotatable bonds is 6. The average molecular weight is 446 g/mol. The summed E-state index contributed by atoms with van der Waals surface area (Å²) in [5, 5.41) is 2.77. The summed E-state index contributed by atoms with van der Waals surface area (Å²) in [5.41, 5.74) is 4.56. The molecule has 0 unspecified atom stereocenters. The summed E-state index contributed by atoms with van der Waals surface area (Å²) in [6.07, 6.45) is 3.16. The molecular formula is C27H31N3O3. The van der Waals surface area contributed by atoms with Gasteiger partial charge < -0.3 is 15.1 Å². The summed E-state index contributed by atoms with van der Waals surface area (Å²) in [6.45, 7) is 7.62. The van der Waals surface area contributed by atoms with Crippen LogP contribution in [0, 0.1) is 12.8 Å². The molecule has 2 aliphatic heterocycles. The monoisotopic (exact) mass is 445 g/mol. The van der Waals surface area contributed by atoms with Crippen molar-refractivity contribution in [2.45, 2.75) is 32.2 Å². The third-order valence-corrected chi connectivity index (χ3v) is 6.56. The highest BCUT2D eigenvalue weighted by Gasteiger charge is 2.36. The van der Waals surface area contributed by atoms with Gasteiger partial charge in [0, 0.05) is 32.6 Å². The van der Waals surface area contributed by atoms with E-state index in [1.54, 1.807) is 15.9 Å². The number of nitrogens with one attached hydrogen (secondary N) is 1. The van der Waals surface area contributed by atoms with Gasteiger partial charge in [0.1, 0.15) is 6.04 Å². The van der Waals surface area contributed by atoms with Crippen LogP contribution in [-0.4, -0.2) is 59.7 Å². The number of aryl methyl sites for hydroxylation is 1. The molecule has 0 spiro atoms. The normalized spacial score (nSPS) is 21.0. The van der Waals surface area contributed by atoms with Gasteiger partial charge in [0.25, 0.3) is 0 Å². The molecule has 2 aromatic rings. The van der Waals surface area contributed by atoms with Crippen LogP contribution in [0.5, 0.6) is 0 Å². The fourth-order valence-corrected chi connectivity index (χ4v) is 4.80. The van der Waals surface area contributed by atoms with Gasteiger partial charge in [-0.1, -0.05) is 54.6 Å². The molecule has 33 heavy (non-hydrogen) atoms. The molecule has 3 amide bonds. The number of benzene rings is 2. The highest BCUT2D eigenvalue weighted by atomic mass is 16.2. The van der Waals surface area contributed by atoms with Crippen LogP contribution in [0.15, 0.2) is 61.2 Å². The first kappa shape index (κ1) is 22.8. The Morgan fingerprint density at radius 2 is 1.97 bits per heavy atom. The van der Waals surface area contributed by atoms with Gasteiger partial charge in [-0.15, -0.1) is 6.58 Å². The molecule has 2 aliphatic rings. The van der Waals surface area contributed by atoms with E-state index >= 15 is 0 Å². The van der Waals surface area contributed by atoms with Crippen molar-refractivity contribution in [3.63, 3.8) is 0 Å². The molecule has 0 saturated carbocycles. The molecule has 6 nitrogen and oxygen atoms in total. The summed E-state index contributed by atoms with van der Waals surface area (Å²) in [6, 6.07) is 16.1. The smallest absolute Gasteiger partial charge is 0.245 e. The summed E-state index contributed by atoms with van der Waals surface area (Å²) in [5.74, 6) is -0.479. The van der Waals surface area contributed by atoms with Gasteiger partial charge in [0.2, 0.25) is 17.7 Å². The van der Waals surface area contributed by atoms with Gasteiger partial charge in [0.15, 0.2) is 0 Å². The number of hydrogen-bond acceptors (Lipinski definition) is 3. The number of carbonyl (C=O) groups is 3. The van der Waals surface area contributed by atoms with Crippen LogP contribution in [0.1, 0.15) is 24.0 Å². The Balaban J connectivity index is 1.57. The lowest BCUT2D eigenvalue weighted by Gasteiger charge is -2.26. The first-order chi connectivity index (χ1) is 16.0. The second kappa shape index (κ2) is 10.0. The van der Waals surface area contributed by atoms with Crippen LogP contribution in [0.4, 0.5) is 0 Å². The molecule has 0 aromatic heterocycles. The summed E-state index contributed by atoms with van der Waals surface area (Å²) in [7, 11) is 0. The van der Waals surface area contributed by atoms with E-state index in [1.807, 2.05) is 24.3 Å². The molecule has 2 aromatic carbocycles. The van der Waals surface area contributed by atoms with Crippen LogP contribution in [0.2, 0.25) is 0 Å². The van der Waals surface area contributed by atoms with Crippen LogP contribution in [-0.2, 0) is 20.8 Å². The maximum Gasteiger partial charge on any atom is 0.245 e. The van der Waals surface area contributed by atoms with Gasteiger partial charge in [0.05, 0.1) is 5.92 Å². The summed E-state index contributed by atoms with van der Waals surface area (Å²) < 4.78 is 0. The average Bonchev–Trinajstić information content (AvgIpc) is 3.19. The van der Waals surface area contributed by atoms with E-state index in [-0.39, 0.29) is 23.6 Å². The molecule has 172 valence electrons. The number of nitrogens with zero attached hydrogens (tertiary/aromatic N) is 2.